The lowest BCUT2D eigenvalue weighted by molar-refractivity contribution is 0.0462. The molecule has 0 spiro atoms. The Bertz CT molecular complexity index is 822. The van der Waals surface area contributed by atoms with Crippen molar-refractivity contribution in [2.24, 2.45) is 11.8 Å². The minimum Gasteiger partial charge on any atom is -0.391 e. The average molecular weight is 340 g/mol. The Hall–Kier alpha value is -2.05. The average Bonchev–Trinajstić information content (AvgIpc) is 3.02. The summed E-state index contributed by atoms with van der Waals surface area (Å²) in [4.78, 5) is 21.7. The quantitative estimate of drug-likeness (QED) is 0.768. The Morgan fingerprint density at radius 1 is 1.12 bits per heavy atom. The van der Waals surface area contributed by atoms with Crippen molar-refractivity contribution in [1.29, 1.82) is 0 Å². The number of aliphatic hydroxyl groups excluding tert-OH is 1. The molecule has 1 saturated heterocycles. The summed E-state index contributed by atoms with van der Waals surface area (Å²) < 4.78 is 0. The molecule has 1 amide bonds. The monoisotopic (exact) mass is 340 g/mol. The molecule has 0 bridgehead atoms. The predicted molar refractivity (Wildman–Crippen MR) is 95.4 cm³/mol. The highest BCUT2D eigenvalue weighted by molar-refractivity contribution is 5.97. The highest BCUT2D eigenvalue weighted by atomic mass is 16.3. The standard InChI is InChI=1S/C19H24N4O2/c1-10-11(2)22-16-5-12(3-4-15(16)21-10)19(25)23-17-6-13-8-20-9-14(13)7-18(17)24/h3-5,13-14,17-18,20,24H,6-9H2,1-2H3,(H,23,25)/t13-,14+,17-,18-/m0/s1. The molecule has 1 aromatic carbocycles. The molecule has 1 aliphatic heterocycles. The Morgan fingerprint density at radius 2 is 1.80 bits per heavy atom. The SMILES string of the molecule is Cc1nc2ccc(C(=O)N[C@H]3C[C@H]4CNC[C@H]4C[C@@H]3O)cc2nc1C. The van der Waals surface area contributed by atoms with Crippen LogP contribution in [0, 0.1) is 25.7 Å². The third kappa shape index (κ3) is 3.12. The second-order valence-corrected chi connectivity index (χ2v) is 7.40. The zero-order valence-electron chi connectivity index (χ0n) is 14.6. The second-order valence-electron chi connectivity index (χ2n) is 7.40. The molecule has 6 nitrogen and oxygen atoms in total. The lowest BCUT2D eigenvalue weighted by Crippen LogP contribution is -2.49. The summed E-state index contributed by atoms with van der Waals surface area (Å²) in [7, 11) is 0. The molecular formula is C19H24N4O2. The highest BCUT2D eigenvalue weighted by Gasteiger charge is 2.39. The van der Waals surface area contributed by atoms with E-state index >= 15 is 0 Å². The topological polar surface area (TPSA) is 87.1 Å². The number of benzene rings is 1. The molecule has 2 aromatic rings. The van der Waals surface area contributed by atoms with Gasteiger partial charge in [0.1, 0.15) is 0 Å². The van der Waals surface area contributed by atoms with Gasteiger partial charge in [-0.15, -0.1) is 0 Å². The molecule has 0 unspecified atom stereocenters. The number of hydrogen-bond acceptors (Lipinski definition) is 5. The normalized spacial score (nSPS) is 28.8. The van der Waals surface area contributed by atoms with Crippen LogP contribution in [0.25, 0.3) is 11.0 Å². The first kappa shape index (κ1) is 16.4. The van der Waals surface area contributed by atoms with E-state index in [2.05, 4.69) is 20.6 Å². The molecule has 6 heteroatoms. The van der Waals surface area contributed by atoms with Gasteiger partial charge in [-0.25, -0.2) is 9.97 Å². The Morgan fingerprint density at radius 3 is 2.56 bits per heavy atom. The molecule has 2 heterocycles. The van der Waals surface area contributed by atoms with Crippen LogP contribution >= 0.6 is 0 Å². The maximum atomic E-state index is 12.7. The van der Waals surface area contributed by atoms with E-state index in [0.717, 1.165) is 48.4 Å². The number of rotatable bonds is 2. The van der Waals surface area contributed by atoms with Crippen LogP contribution < -0.4 is 10.6 Å². The van der Waals surface area contributed by atoms with E-state index in [4.69, 9.17) is 0 Å². The minimum atomic E-state index is -0.477. The molecule has 4 rings (SSSR count). The summed E-state index contributed by atoms with van der Waals surface area (Å²) in [5.74, 6) is 0.919. The summed E-state index contributed by atoms with van der Waals surface area (Å²) in [5.41, 5.74) is 3.84. The van der Waals surface area contributed by atoms with Crippen molar-refractivity contribution < 1.29 is 9.90 Å². The first-order valence-corrected chi connectivity index (χ1v) is 8.96. The third-order valence-corrected chi connectivity index (χ3v) is 5.70. The number of fused-ring (bicyclic) bond motifs is 2. The van der Waals surface area contributed by atoms with E-state index in [1.54, 1.807) is 12.1 Å². The largest absolute Gasteiger partial charge is 0.391 e. The van der Waals surface area contributed by atoms with Crippen LogP contribution in [0.15, 0.2) is 18.2 Å². The van der Waals surface area contributed by atoms with Crippen LogP contribution in [0.2, 0.25) is 0 Å². The fourth-order valence-electron chi connectivity index (χ4n) is 4.08. The fraction of sp³-hybridized carbons (Fsp3) is 0.526. The summed E-state index contributed by atoms with van der Waals surface area (Å²) in [5, 5.41) is 16.8. The molecule has 3 N–H and O–H groups in total. The summed E-state index contributed by atoms with van der Waals surface area (Å²) in [6.07, 6.45) is 1.11. The first-order valence-electron chi connectivity index (χ1n) is 8.96. The maximum absolute atomic E-state index is 12.7. The summed E-state index contributed by atoms with van der Waals surface area (Å²) in [6.45, 7) is 5.80. The molecule has 4 atom stereocenters. The molecule has 0 radical (unpaired) electrons. The number of nitrogens with one attached hydrogen (secondary N) is 2. The maximum Gasteiger partial charge on any atom is 0.251 e. The van der Waals surface area contributed by atoms with E-state index in [1.807, 2.05) is 19.9 Å². The lowest BCUT2D eigenvalue weighted by Gasteiger charge is -2.35. The van der Waals surface area contributed by atoms with E-state index in [9.17, 15) is 9.90 Å². The third-order valence-electron chi connectivity index (χ3n) is 5.70. The zero-order chi connectivity index (χ0) is 17.6. The number of nitrogens with zero attached hydrogens (tertiary/aromatic N) is 2. The molecular weight excluding hydrogens is 316 g/mol. The molecule has 132 valence electrons. The van der Waals surface area contributed by atoms with Gasteiger partial charge in [-0.1, -0.05) is 0 Å². The van der Waals surface area contributed by atoms with Gasteiger partial charge in [-0.2, -0.15) is 0 Å². The van der Waals surface area contributed by atoms with Gasteiger partial charge in [0.2, 0.25) is 0 Å². The Kier molecular flexibility index (Phi) is 4.17. The van der Waals surface area contributed by atoms with Crippen molar-refractivity contribution in [3.8, 4) is 0 Å². The van der Waals surface area contributed by atoms with E-state index < -0.39 is 6.10 Å². The van der Waals surface area contributed by atoms with Crippen LogP contribution in [0.1, 0.15) is 34.6 Å². The lowest BCUT2D eigenvalue weighted by atomic mass is 9.77. The van der Waals surface area contributed by atoms with E-state index in [0.29, 0.717) is 17.4 Å². The van der Waals surface area contributed by atoms with Crippen LogP contribution in [0.4, 0.5) is 0 Å². The van der Waals surface area contributed by atoms with E-state index in [1.165, 1.54) is 0 Å². The molecule has 2 fully saturated rings. The van der Waals surface area contributed by atoms with Crippen molar-refractivity contribution in [3.05, 3.63) is 35.2 Å². The van der Waals surface area contributed by atoms with Crippen molar-refractivity contribution in [2.75, 3.05) is 13.1 Å². The minimum absolute atomic E-state index is 0.157. The molecule has 25 heavy (non-hydrogen) atoms. The van der Waals surface area contributed by atoms with Gasteiger partial charge >= 0.3 is 0 Å². The van der Waals surface area contributed by atoms with Gasteiger partial charge in [0, 0.05) is 5.56 Å². The van der Waals surface area contributed by atoms with Crippen molar-refractivity contribution >= 4 is 16.9 Å². The van der Waals surface area contributed by atoms with Gasteiger partial charge in [0.15, 0.2) is 0 Å². The number of carbonyl (C=O) groups excluding carboxylic acids is 1. The number of hydrogen-bond donors (Lipinski definition) is 3. The van der Waals surface area contributed by atoms with Gasteiger partial charge < -0.3 is 15.7 Å². The number of aromatic nitrogens is 2. The second kappa shape index (κ2) is 6.35. The zero-order valence-corrected chi connectivity index (χ0v) is 14.6. The van der Waals surface area contributed by atoms with Gasteiger partial charge in [0.05, 0.1) is 34.6 Å². The first-order chi connectivity index (χ1) is 12.0. The van der Waals surface area contributed by atoms with Crippen LogP contribution in [-0.2, 0) is 0 Å². The Labute approximate surface area is 147 Å². The van der Waals surface area contributed by atoms with Gasteiger partial charge in [-0.3, -0.25) is 4.79 Å². The van der Waals surface area contributed by atoms with Crippen molar-refractivity contribution in [2.45, 2.75) is 38.8 Å². The van der Waals surface area contributed by atoms with E-state index in [-0.39, 0.29) is 11.9 Å². The predicted octanol–water partition coefficient (Wildman–Crippen LogP) is 1.34. The smallest absolute Gasteiger partial charge is 0.251 e. The van der Waals surface area contributed by atoms with Crippen molar-refractivity contribution in [3.63, 3.8) is 0 Å². The number of carbonyl (C=O) groups is 1. The molecule has 1 aliphatic carbocycles. The van der Waals surface area contributed by atoms with Gasteiger partial charge in [-0.05, 0) is 69.8 Å². The summed E-state index contributed by atoms with van der Waals surface area (Å²) in [6, 6.07) is 5.20. The molecule has 1 saturated carbocycles. The number of aryl methyl sites for hydroxylation is 2. The fourth-order valence-corrected chi connectivity index (χ4v) is 4.08. The highest BCUT2D eigenvalue weighted by Crippen LogP contribution is 2.33. The van der Waals surface area contributed by atoms with Crippen LogP contribution in [0.5, 0.6) is 0 Å². The molecule has 2 aliphatic rings. The summed E-state index contributed by atoms with van der Waals surface area (Å²) >= 11 is 0. The van der Waals surface area contributed by atoms with Gasteiger partial charge in [0.25, 0.3) is 5.91 Å². The van der Waals surface area contributed by atoms with Crippen molar-refractivity contribution in [1.82, 2.24) is 20.6 Å². The molecule has 1 aromatic heterocycles. The number of amides is 1. The Balaban J connectivity index is 1.52. The van der Waals surface area contributed by atoms with Crippen LogP contribution in [0.3, 0.4) is 0 Å². The van der Waals surface area contributed by atoms with Crippen LogP contribution in [-0.4, -0.2) is 46.2 Å². The number of aliphatic hydroxyl groups is 1.